The highest BCUT2D eigenvalue weighted by Crippen LogP contribution is 2.27. The van der Waals surface area contributed by atoms with Crippen LogP contribution in [0.15, 0.2) is 41.0 Å². The van der Waals surface area contributed by atoms with Crippen molar-refractivity contribution in [3.63, 3.8) is 0 Å². The Morgan fingerprint density at radius 2 is 1.84 bits per heavy atom. The van der Waals surface area contributed by atoms with Gasteiger partial charge < -0.3 is 14.2 Å². The Kier molecular flexibility index (Phi) is 4.78. The minimum Gasteiger partial charge on any atom is -0.467 e. The number of hydrogen-bond acceptors (Lipinski definition) is 8. The molecule has 1 aromatic carbocycles. The Morgan fingerprint density at radius 1 is 1.06 bits per heavy atom. The van der Waals surface area contributed by atoms with Gasteiger partial charge in [0, 0.05) is 31.7 Å². The summed E-state index contributed by atoms with van der Waals surface area (Å²) in [7, 11) is 0. The molecule has 9 nitrogen and oxygen atoms in total. The van der Waals surface area contributed by atoms with E-state index in [2.05, 4.69) is 15.1 Å². The van der Waals surface area contributed by atoms with Crippen LogP contribution >= 0.6 is 11.3 Å². The summed E-state index contributed by atoms with van der Waals surface area (Å²) in [5.74, 6) is -0.422. The number of hydrogen-bond donors (Lipinski definition) is 0. The van der Waals surface area contributed by atoms with Crippen molar-refractivity contribution in [1.82, 2.24) is 20.0 Å². The van der Waals surface area contributed by atoms with Crippen LogP contribution in [0.4, 0.5) is 5.13 Å². The summed E-state index contributed by atoms with van der Waals surface area (Å²) in [5, 5.41) is 9.99. The van der Waals surface area contributed by atoms with Gasteiger partial charge >= 0.3 is 0 Å². The van der Waals surface area contributed by atoms with Gasteiger partial charge in [0.25, 0.3) is 17.7 Å². The third-order valence-corrected chi connectivity index (χ3v) is 6.36. The molecule has 0 aliphatic carbocycles. The fourth-order valence-corrected chi connectivity index (χ4v) is 4.56. The highest BCUT2D eigenvalue weighted by Gasteiger charge is 2.37. The van der Waals surface area contributed by atoms with E-state index in [0.29, 0.717) is 43.1 Å². The summed E-state index contributed by atoms with van der Waals surface area (Å²) in [6.45, 7) is 4.41. The molecule has 2 aliphatic rings. The molecule has 1 fully saturated rings. The van der Waals surface area contributed by atoms with E-state index < -0.39 is 5.91 Å². The van der Waals surface area contributed by atoms with Crippen LogP contribution in [-0.4, -0.2) is 63.9 Å². The molecule has 0 radical (unpaired) electrons. The van der Waals surface area contributed by atoms with Crippen molar-refractivity contribution in [2.75, 3.05) is 31.1 Å². The molecule has 1 saturated heterocycles. The van der Waals surface area contributed by atoms with Crippen molar-refractivity contribution < 1.29 is 18.8 Å². The zero-order valence-corrected chi connectivity index (χ0v) is 17.6. The first-order valence-corrected chi connectivity index (χ1v) is 10.7. The number of carbonyl (C=O) groups excluding carboxylic acids is 3. The second kappa shape index (κ2) is 7.62. The minimum atomic E-state index is -0.414. The molecular formula is C21H19N5O4S. The minimum absolute atomic E-state index is 0.0652. The Morgan fingerprint density at radius 3 is 2.52 bits per heavy atom. The van der Waals surface area contributed by atoms with Gasteiger partial charge in [0.15, 0.2) is 0 Å². The number of amides is 3. The lowest BCUT2D eigenvalue weighted by atomic mass is 10.0. The van der Waals surface area contributed by atoms with Crippen LogP contribution in [0.3, 0.4) is 0 Å². The lowest BCUT2D eigenvalue weighted by molar-refractivity contribution is 0.0631. The predicted molar refractivity (Wildman–Crippen MR) is 112 cm³/mol. The third kappa shape index (κ3) is 3.48. The average molecular weight is 437 g/mol. The van der Waals surface area contributed by atoms with Gasteiger partial charge in [-0.15, -0.1) is 10.2 Å². The number of piperazine rings is 1. The summed E-state index contributed by atoms with van der Waals surface area (Å²) >= 11 is 1.53. The van der Waals surface area contributed by atoms with E-state index in [9.17, 15) is 14.4 Å². The van der Waals surface area contributed by atoms with Gasteiger partial charge in [-0.3, -0.25) is 19.3 Å². The van der Waals surface area contributed by atoms with Crippen molar-refractivity contribution in [2.24, 2.45) is 0 Å². The molecule has 0 saturated carbocycles. The second-order valence-electron chi connectivity index (χ2n) is 7.42. The molecule has 0 spiro atoms. The van der Waals surface area contributed by atoms with E-state index in [-0.39, 0.29) is 23.9 Å². The van der Waals surface area contributed by atoms with Gasteiger partial charge in [-0.2, -0.15) is 0 Å². The van der Waals surface area contributed by atoms with Gasteiger partial charge in [-0.05, 0) is 37.3 Å². The molecule has 0 N–H and O–H groups in total. The van der Waals surface area contributed by atoms with Crippen LogP contribution in [0, 0.1) is 6.92 Å². The van der Waals surface area contributed by atoms with Crippen LogP contribution < -0.4 is 4.90 Å². The van der Waals surface area contributed by atoms with Gasteiger partial charge in [-0.25, -0.2) is 0 Å². The molecule has 10 heteroatoms. The topological polar surface area (TPSA) is 99.8 Å². The van der Waals surface area contributed by atoms with Gasteiger partial charge in [0.1, 0.15) is 10.8 Å². The fraction of sp³-hybridized carbons (Fsp3) is 0.286. The molecule has 158 valence electrons. The zero-order chi connectivity index (χ0) is 21.5. The Balaban J connectivity index is 1.29. The molecular weight excluding hydrogens is 418 g/mol. The summed E-state index contributed by atoms with van der Waals surface area (Å²) in [4.78, 5) is 43.5. The lowest BCUT2D eigenvalue weighted by Gasteiger charge is -2.34. The number of furan rings is 1. The Labute approximate surface area is 181 Å². The van der Waals surface area contributed by atoms with Crippen molar-refractivity contribution in [2.45, 2.75) is 13.5 Å². The molecule has 0 bridgehead atoms. The maximum atomic E-state index is 13.0. The number of benzene rings is 1. The normalized spacial score (nSPS) is 16.2. The number of nitrogens with zero attached hydrogens (tertiary/aromatic N) is 5. The van der Waals surface area contributed by atoms with Gasteiger partial charge in [0.2, 0.25) is 5.13 Å². The standard InChI is InChI=1S/C21H19N5O4S/c1-13-22-23-21(31-13)25-8-6-24(7-9-25)18(27)14-4-5-16-17(11-14)20(29)26(19(16)28)12-15-3-2-10-30-15/h2-5,10-11H,6-9,12H2,1H3. The summed E-state index contributed by atoms with van der Waals surface area (Å²) in [6.07, 6.45) is 1.50. The van der Waals surface area contributed by atoms with Crippen LogP contribution in [0.2, 0.25) is 0 Å². The quantitative estimate of drug-likeness (QED) is 0.577. The molecule has 31 heavy (non-hydrogen) atoms. The number of imide groups is 1. The van der Waals surface area contributed by atoms with Gasteiger partial charge in [-0.1, -0.05) is 11.3 Å². The molecule has 2 aliphatic heterocycles. The third-order valence-electron chi connectivity index (χ3n) is 5.46. The van der Waals surface area contributed by atoms with Gasteiger partial charge in [0.05, 0.1) is 23.9 Å². The molecule has 4 heterocycles. The summed E-state index contributed by atoms with van der Waals surface area (Å²) in [5.41, 5.74) is 0.968. The number of rotatable bonds is 4. The zero-order valence-electron chi connectivity index (χ0n) is 16.8. The SMILES string of the molecule is Cc1nnc(N2CCN(C(=O)c3ccc4c(c3)C(=O)N(Cc3ccco3)C4=O)CC2)s1. The second-order valence-corrected chi connectivity index (χ2v) is 8.58. The molecule has 2 aromatic heterocycles. The van der Waals surface area contributed by atoms with Crippen molar-refractivity contribution >= 4 is 34.2 Å². The predicted octanol–water partition coefficient (Wildman–Crippen LogP) is 2.20. The summed E-state index contributed by atoms with van der Waals surface area (Å²) < 4.78 is 5.26. The Bertz CT molecular complexity index is 1160. The van der Waals surface area contributed by atoms with Crippen LogP contribution in [-0.2, 0) is 6.54 Å². The molecule has 3 amide bonds. The number of aromatic nitrogens is 2. The average Bonchev–Trinajstić information content (AvgIpc) is 3.51. The van der Waals surface area contributed by atoms with E-state index in [1.165, 1.54) is 23.7 Å². The van der Waals surface area contributed by atoms with Crippen molar-refractivity contribution in [3.8, 4) is 0 Å². The lowest BCUT2D eigenvalue weighted by Crippen LogP contribution is -2.48. The van der Waals surface area contributed by atoms with E-state index in [4.69, 9.17) is 4.42 Å². The van der Waals surface area contributed by atoms with E-state index in [1.54, 1.807) is 29.2 Å². The van der Waals surface area contributed by atoms with Crippen molar-refractivity contribution in [3.05, 3.63) is 64.1 Å². The van der Waals surface area contributed by atoms with E-state index in [1.807, 2.05) is 6.92 Å². The number of anilines is 1. The van der Waals surface area contributed by atoms with Crippen LogP contribution in [0.25, 0.3) is 0 Å². The number of aryl methyl sites for hydroxylation is 1. The maximum Gasteiger partial charge on any atom is 0.261 e. The highest BCUT2D eigenvalue weighted by molar-refractivity contribution is 7.15. The highest BCUT2D eigenvalue weighted by atomic mass is 32.1. The fourth-order valence-electron chi connectivity index (χ4n) is 3.82. The first kappa shape index (κ1) is 19.4. The smallest absolute Gasteiger partial charge is 0.261 e. The Hall–Kier alpha value is -3.53. The number of fused-ring (bicyclic) bond motifs is 1. The molecule has 5 rings (SSSR count). The molecule has 3 aromatic rings. The largest absolute Gasteiger partial charge is 0.467 e. The summed E-state index contributed by atoms with van der Waals surface area (Å²) in [6, 6.07) is 8.12. The van der Waals surface area contributed by atoms with Crippen LogP contribution in [0.1, 0.15) is 41.8 Å². The molecule has 0 unspecified atom stereocenters. The van der Waals surface area contributed by atoms with E-state index >= 15 is 0 Å². The van der Waals surface area contributed by atoms with Crippen molar-refractivity contribution in [1.29, 1.82) is 0 Å². The van der Waals surface area contributed by atoms with Crippen LogP contribution in [0.5, 0.6) is 0 Å². The number of carbonyl (C=O) groups is 3. The molecule has 0 atom stereocenters. The maximum absolute atomic E-state index is 13.0. The first-order chi connectivity index (χ1) is 15.0. The monoisotopic (exact) mass is 437 g/mol. The first-order valence-electron chi connectivity index (χ1n) is 9.88. The van der Waals surface area contributed by atoms with E-state index in [0.717, 1.165) is 15.0 Å².